The van der Waals surface area contributed by atoms with E-state index in [1.807, 2.05) is 30.3 Å². The molecule has 1 aromatic heterocycles. The summed E-state index contributed by atoms with van der Waals surface area (Å²) in [6, 6.07) is 14.2. The SMILES string of the molecule is O=C(c1ccc(Br)s1)C1CC1c1ccccc1. The molecule has 86 valence electrons. The molecule has 1 nitrogen and oxygen atoms in total. The highest BCUT2D eigenvalue weighted by Gasteiger charge is 2.44. The number of hydrogen-bond donors (Lipinski definition) is 0. The van der Waals surface area contributed by atoms with Gasteiger partial charge in [-0.3, -0.25) is 4.79 Å². The average Bonchev–Trinajstić information content (AvgIpc) is 3.05. The van der Waals surface area contributed by atoms with Gasteiger partial charge in [0.1, 0.15) is 0 Å². The molecule has 0 saturated heterocycles. The summed E-state index contributed by atoms with van der Waals surface area (Å²) in [4.78, 5) is 13.1. The molecule has 1 saturated carbocycles. The normalized spacial score (nSPS) is 22.4. The summed E-state index contributed by atoms with van der Waals surface area (Å²) in [5.74, 6) is 0.932. The van der Waals surface area contributed by atoms with Crippen LogP contribution < -0.4 is 0 Å². The summed E-state index contributed by atoms with van der Waals surface area (Å²) in [6.07, 6.45) is 0.998. The van der Waals surface area contributed by atoms with Crippen LogP contribution in [0.15, 0.2) is 46.3 Å². The highest BCUT2D eigenvalue weighted by Crippen LogP contribution is 2.49. The molecule has 1 heterocycles. The zero-order chi connectivity index (χ0) is 11.8. The average molecular weight is 307 g/mol. The summed E-state index contributed by atoms with van der Waals surface area (Å²) in [7, 11) is 0. The van der Waals surface area contributed by atoms with Crippen molar-refractivity contribution < 1.29 is 4.79 Å². The van der Waals surface area contributed by atoms with Gasteiger partial charge in [0.2, 0.25) is 0 Å². The van der Waals surface area contributed by atoms with Crippen LogP contribution >= 0.6 is 27.3 Å². The fraction of sp³-hybridized carbons (Fsp3) is 0.214. The number of carbonyl (C=O) groups excluding carboxylic acids is 1. The van der Waals surface area contributed by atoms with Gasteiger partial charge in [0.25, 0.3) is 0 Å². The Morgan fingerprint density at radius 3 is 2.59 bits per heavy atom. The van der Waals surface area contributed by atoms with Crippen molar-refractivity contribution in [3.8, 4) is 0 Å². The van der Waals surface area contributed by atoms with Crippen LogP contribution in [-0.2, 0) is 0 Å². The van der Waals surface area contributed by atoms with Gasteiger partial charge in [0, 0.05) is 5.92 Å². The fourth-order valence-corrected chi connectivity index (χ4v) is 3.57. The van der Waals surface area contributed by atoms with E-state index < -0.39 is 0 Å². The van der Waals surface area contributed by atoms with Gasteiger partial charge in [0.15, 0.2) is 5.78 Å². The number of carbonyl (C=O) groups is 1. The molecule has 3 rings (SSSR count). The Kier molecular flexibility index (Phi) is 2.89. The molecule has 2 unspecified atom stereocenters. The third kappa shape index (κ3) is 2.22. The van der Waals surface area contributed by atoms with Crippen molar-refractivity contribution in [2.45, 2.75) is 12.3 Å². The molecule has 0 spiro atoms. The van der Waals surface area contributed by atoms with E-state index in [2.05, 4.69) is 28.1 Å². The van der Waals surface area contributed by atoms with E-state index in [0.717, 1.165) is 15.1 Å². The molecule has 0 N–H and O–H groups in total. The highest BCUT2D eigenvalue weighted by atomic mass is 79.9. The third-order valence-electron chi connectivity index (χ3n) is 3.17. The zero-order valence-corrected chi connectivity index (χ0v) is 11.5. The van der Waals surface area contributed by atoms with Gasteiger partial charge in [-0.25, -0.2) is 0 Å². The summed E-state index contributed by atoms with van der Waals surface area (Å²) < 4.78 is 1.03. The Morgan fingerprint density at radius 2 is 1.94 bits per heavy atom. The van der Waals surface area contributed by atoms with E-state index >= 15 is 0 Å². The summed E-state index contributed by atoms with van der Waals surface area (Å²) in [5.41, 5.74) is 1.29. The first kappa shape index (κ1) is 11.2. The Hall–Kier alpha value is -0.930. The van der Waals surface area contributed by atoms with Crippen LogP contribution in [-0.4, -0.2) is 5.78 Å². The van der Waals surface area contributed by atoms with Crippen LogP contribution in [0.4, 0.5) is 0 Å². The lowest BCUT2D eigenvalue weighted by Crippen LogP contribution is -2.00. The number of benzene rings is 1. The van der Waals surface area contributed by atoms with E-state index in [4.69, 9.17) is 0 Å². The quantitative estimate of drug-likeness (QED) is 0.763. The lowest BCUT2D eigenvalue weighted by molar-refractivity contribution is 0.0969. The molecule has 0 bridgehead atoms. The van der Waals surface area contributed by atoms with E-state index in [0.29, 0.717) is 11.7 Å². The van der Waals surface area contributed by atoms with Crippen LogP contribution in [0.5, 0.6) is 0 Å². The van der Waals surface area contributed by atoms with Crippen LogP contribution in [0.2, 0.25) is 0 Å². The fourth-order valence-electron chi connectivity index (χ4n) is 2.18. The van der Waals surface area contributed by atoms with E-state index in [1.165, 1.54) is 16.9 Å². The first-order valence-corrected chi connectivity index (χ1v) is 7.21. The minimum absolute atomic E-state index is 0.197. The van der Waals surface area contributed by atoms with Gasteiger partial charge >= 0.3 is 0 Å². The van der Waals surface area contributed by atoms with E-state index in [-0.39, 0.29) is 5.92 Å². The van der Waals surface area contributed by atoms with E-state index in [9.17, 15) is 4.79 Å². The van der Waals surface area contributed by atoms with Crippen molar-refractivity contribution in [1.82, 2.24) is 0 Å². The van der Waals surface area contributed by atoms with Crippen LogP contribution in [0, 0.1) is 5.92 Å². The molecule has 1 aliphatic rings. The summed E-state index contributed by atoms with van der Waals surface area (Å²) in [5, 5.41) is 0. The lowest BCUT2D eigenvalue weighted by Gasteiger charge is -1.98. The molecule has 2 atom stereocenters. The van der Waals surface area contributed by atoms with Gasteiger partial charge in [-0.1, -0.05) is 30.3 Å². The standard InChI is InChI=1S/C14H11BrOS/c15-13-7-6-12(17-13)14(16)11-8-10(11)9-4-2-1-3-5-9/h1-7,10-11H,8H2. The Morgan fingerprint density at radius 1 is 1.18 bits per heavy atom. The largest absolute Gasteiger partial charge is 0.293 e. The second kappa shape index (κ2) is 4.39. The van der Waals surface area contributed by atoms with Gasteiger partial charge in [-0.15, -0.1) is 11.3 Å². The van der Waals surface area contributed by atoms with Gasteiger partial charge < -0.3 is 0 Å². The van der Waals surface area contributed by atoms with Crippen LogP contribution in [0.1, 0.15) is 27.6 Å². The molecule has 1 aliphatic carbocycles. The van der Waals surface area contributed by atoms with Gasteiger partial charge in [-0.05, 0) is 46.0 Å². The maximum atomic E-state index is 12.2. The molecule has 1 aromatic carbocycles. The topological polar surface area (TPSA) is 17.1 Å². The zero-order valence-electron chi connectivity index (χ0n) is 9.10. The van der Waals surface area contributed by atoms with Crippen molar-refractivity contribution in [3.05, 3.63) is 56.7 Å². The smallest absolute Gasteiger partial charge is 0.176 e. The molecular weight excluding hydrogens is 296 g/mol. The number of hydrogen-bond acceptors (Lipinski definition) is 2. The molecule has 3 heteroatoms. The molecule has 0 amide bonds. The maximum Gasteiger partial charge on any atom is 0.176 e. The van der Waals surface area contributed by atoms with Crippen molar-refractivity contribution in [2.24, 2.45) is 5.92 Å². The number of halogens is 1. The number of ketones is 1. The minimum Gasteiger partial charge on any atom is -0.293 e. The molecule has 17 heavy (non-hydrogen) atoms. The lowest BCUT2D eigenvalue weighted by atomic mass is 10.1. The minimum atomic E-state index is 0.197. The van der Waals surface area contributed by atoms with Crippen molar-refractivity contribution >= 4 is 33.0 Å². The number of Topliss-reactive ketones (excluding diaryl/α,β-unsaturated/α-hetero) is 1. The second-order valence-electron chi connectivity index (χ2n) is 4.33. The molecule has 2 aromatic rings. The molecule has 0 radical (unpaired) electrons. The second-order valence-corrected chi connectivity index (χ2v) is 6.79. The van der Waals surface area contributed by atoms with Crippen LogP contribution in [0.25, 0.3) is 0 Å². The monoisotopic (exact) mass is 306 g/mol. The number of rotatable bonds is 3. The van der Waals surface area contributed by atoms with Crippen LogP contribution in [0.3, 0.4) is 0 Å². The predicted molar refractivity (Wildman–Crippen MR) is 73.6 cm³/mol. The first-order valence-electron chi connectivity index (χ1n) is 5.60. The van der Waals surface area contributed by atoms with E-state index in [1.54, 1.807) is 0 Å². The van der Waals surface area contributed by atoms with Gasteiger partial charge in [0.05, 0.1) is 8.66 Å². The Bertz CT molecular complexity index is 546. The Balaban J connectivity index is 1.75. The summed E-state index contributed by atoms with van der Waals surface area (Å²) >= 11 is 4.92. The molecular formula is C14H11BrOS. The maximum absolute atomic E-state index is 12.2. The number of thiophene rings is 1. The molecule has 1 fully saturated rings. The highest BCUT2D eigenvalue weighted by molar-refractivity contribution is 9.11. The van der Waals surface area contributed by atoms with Crippen molar-refractivity contribution in [1.29, 1.82) is 0 Å². The summed E-state index contributed by atoms with van der Waals surface area (Å²) in [6.45, 7) is 0. The third-order valence-corrected chi connectivity index (χ3v) is 4.81. The Labute approximate surface area is 113 Å². The van der Waals surface area contributed by atoms with Gasteiger partial charge in [-0.2, -0.15) is 0 Å². The van der Waals surface area contributed by atoms with Crippen molar-refractivity contribution in [2.75, 3.05) is 0 Å². The molecule has 0 aliphatic heterocycles. The predicted octanol–water partition coefficient (Wildman–Crippen LogP) is 4.50. The first-order chi connectivity index (χ1) is 8.25. The van der Waals surface area contributed by atoms with Crippen molar-refractivity contribution in [3.63, 3.8) is 0 Å².